The van der Waals surface area contributed by atoms with E-state index in [1.54, 1.807) is 20.2 Å². The highest BCUT2D eigenvalue weighted by atomic mass is 19.3. The zero-order valence-electron chi connectivity index (χ0n) is 18.6. The molecule has 172 valence electrons. The molecule has 0 saturated carbocycles. The van der Waals surface area contributed by atoms with Crippen LogP contribution >= 0.6 is 0 Å². The average Bonchev–Trinajstić information content (AvgIpc) is 3.05. The van der Waals surface area contributed by atoms with Gasteiger partial charge in [-0.15, -0.1) is 0 Å². The predicted octanol–water partition coefficient (Wildman–Crippen LogP) is 5.25. The summed E-state index contributed by atoms with van der Waals surface area (Å²) in [5, 5.41) is 10.8. The van der Waals surface area contributed by atoms with Crippen molar-refractivity contribution in [2.75, 3.05) is 27.9 Å². The van der Waals surface area contributed by atoms with Crippen LogP contribution in [0, 0.1) is 5.92 Å². The molecule has 2 N–H and O–H groups in total. The number of halogens is 3. The summed E-state index contributed by atoms with van der Waals surface area (Å²) < 4.78 is 41.4. The smallest absolute Gasteiger partial charge is 0.244 e. The molecule has 4 nitrogen and oxygen atoms in total. The molecule has 0 bridgehead atoms. The van der Waals surface area contributed by atoms with Crippen LogP contribution in [0.5, 0.6) is 0 Å². The number of alkyl halides is 3. The van der Waals surface area contributed by atoms with Gasteiger partial charge in [0.1, 0.15) is 5.76 Å². The molecule has 1 atom stereocenters. The van der Waals surface area contributed by atoms with Crippen molar-refractivity contribution in [3.05, 3.63) is 77.2 Å². The van der Waals surface area contributed by atoms with E-state index in [2.05, 4.69) is 5.43 Å². The molecule has 1 unspecified atom stereocenters. The third-order valence-electron chi connectivity index (χ3n) is 4.71. The lowest BCUT2D eigenvalue weighted by atomic mass is 10.0. The van der Waals surface area contributed by atoms with Crippen molar-refractivity contribution in [2.45, 2.75) is 32.6 Å². The number of nitrogens with one attached hydrogen (secondary N) is 1. The van der Waals surface area contributed by atoms with Gasteiger partial charge in [0, 0.05) is 19.6 Å². The molecule has 2 rings (SSSR count). The topological polar surface area (TPSA) is 44.7 Å². The summed E-state index contributed by atoms with van der Waals surface area (Å²) in [7, 11) is 3.88. The highest BCUT2D eigenvalue weighted by Crippen LogP contribution is 2.27. The Morgan fingerprint density at radius 1 is 1.19 bits per heavy atom. The minimum atomic E-state index is -2.45. The molecule has 0 heterocycles. The first kappa shape index (κ1) is 26.5. The number of hydrazine groups is 1. The lowest BCUT2D eigenvalue weighted by Crippen LogP contribution is -2.32. The summed E-state index contributed by atoms with van der Waals surface area (Å²) in [4.78, 5) is 0. The Bertz CT molecular complexity index is 772. The van der Waals surface area contributed by atoms with Gasteiger partial charge in [0.05, 0.1) is 25.7 Å². The summed E-state index contributed by atoms with van der Waals surface area (Å²) in [6, 6.07) is 7.81. The van der Waals surface area contributed by atoms with Crippen LogP contribution in [0.4, 0.5) is 13.2 Å². The number of rotatable bonds is 10. The third-order valence-corrected chi connectivity index (χ3v) is 4.71. The van der Waals surface area contributed by atoms with Gasteiger partial charge in [-0.2, -0.15) is 0 Å². The van der Waals surface area contributed by atoms with Crippen LogP contribution in [-0.2, 0) is 11.2 Å². The number of aliphatic hydroxyl groups is 1. The molecule has 1 aliphatic carbocycles. The van der Waals surface area contributed by atoms with Gasteiger partial charge in [0.2, 0.25) is 6.43 Å². The molecule has 7 heteroatoms. The van der Waals surface area contributed by atoms with Crippen molar-refractivity contribution in [1.29, 1.82) is 0 Å². The number of nitrogens with zero attached hydrogens (tertiary/aromatic N) is 1. The zero-order chi connectivity index (χ0) is 23.2. The quantitative estimate of drug-likeness (QED) is 0.490. The minimum absolute atomic E-state index is 0.143. The first-order valence-electron chi connectivity index (χ1n) is 10.2. The molecule has 0 spiro atoms. The molecule has 0 radical (unpaired) electrons. The van der Waals surface area contributed by atoms with Crippen LogP contribution in [0.3, 0.4) is 0 Å². The number of ether oxygens (including phenoxy) is 1. The van der Waals surface area contributed by atoms with Crippen LogP contribution in [0.2, 0.25) is 0 Å². The predicted molar refractivity (Wildman–Crippen MR) is 120 cm³/mol. The molecule has 0 aliphatic heterocycles. The number of aliphatic hydroxyl groups excluding tert-OH is 1. The van der Waals surface area contributed by atoms with E-state index in [-0.39, 0.29) is 6.61 Å². The van der Waals surface area contributed by atoms with Crippen molar-refractivity contribution >= 4 is 5.70 Å². The maximum atomic E-state index is 13.3. The number of hydrogen-bond acceptors (Lipinski definition) is 4. The fraction of sp³-hybridized carbons (Fsp3) is 0.417. The number of methoxy groups -OCH3 is 1. The monoisotopic (exact) mass is 438 g/mol. The van der Waals surface area contributed by atoms with Gasteiger partial charge in [0.15, 0.2) is 0 Å². The van der Waals surface area contributed by atoms with E-state index in [0.717, 1.165) is 29.0 Å². The summed E-state index contributed by atoms with van der Waals surface area (Å²) in [5.74, 6) is -0.148. The Balaban J connectivity index is 0.00000233. The van der Waals surface area contributed by atoms with E-state index in [0.29, 0.717) is 25.7 Å². The van der Waals surface area contributed by atoms with Gasteiger partial charge < -0.3 is 9.84 Å². The summed E-state index contributed by atoms with van der Waals surface area (Å²) in [6.07, 6.45) is 9.00. The molecule has 31 heavy (non-hydrogen) atoms. The molecular weight excluding hydrogens is 405 g/mol. The Labute approximate surface area is 183 Å². The molecule has 1 aromatic rings. The first-order chi connectivity index (χ1) is 15.0. The maximum absolute atomic E-state index is 13.3. The van der Waals surface area contributed by atoms with Gasteiger partial charge in [-0.25, -0.2) is 14.2 Å². The lowest BCUT2D eigenvalue weighted by Gasteiger charge is -2.29. The Hall–Kier alpha value is -2.51. The van der Waals surface area contributed by atoms with Crippen LogP contribution in [0.25, 0.3) is 5.70 Å². The van der Waals surface area contributed by atoms with Crippen molar-refractivity contribution in [3.63, 3.8) is 0 Å². The van der Waals surface area contributed by atoms with Gasteiger partial charge in [-0.3, -0.25) is 9.40 Å². The van der Waals surface area contributed by atoms with Gasteiger partial charge >= 0.3 is 0 Å². The second kappa shape index (κ2) is 14.5. The largest absolute Gasteiger partial charge is 0.497 e. The van der Waals surface area contributed by atoms with E-state index in [1.807, 2.05) is 53.6 Å². The highest BCUT2D eigenvalue weighted by molar-refractivity contribution is 5.66. The molecule has 0 aromatic heterocycles. The molecule has 1 aromatic carbocycles. The SMILES string of the molecule is CF.CNN(C1=CCC=C(OC)C=C1)/C(=C\C(C)C(F)F)c1ccc(CCCO)cc1. The van der Waals surface area contributed by atoms with Crippen molar-refractivity contribution < 1.29 is 23.0 Å². The molecule has 0 amide bonds. The average molecular weight is 439 g/mol. The Morgan fingerprint density at radius 2 is 1.87 bits per heavy atom. The van der Waals surface area contributed by atoms with Crippen molar-refractivity contribution in [3.8, 4) is 0 Å². The van der Waals surface area contributed by atoms with Gasteiger partial charge in [0.25, 0.3) is 0 Å². The standard InChI is InChI=1S/C23H30F2N2O2.CH3F/c1-17(23(24)25)16-22(19-11-9-18(10-12-19)6-5-15-28)27(26-2)20-7-4-8-21(29-3)14-13-20;1-2/h7-14,16-17,23,26,28H,4-6,15H2,1-3H3;1H3/b22-16-;. The number of hydrogen-bond donors (Lipinski definition) is 2. The highest BCUT2D eigenvalue weighted by Gasteiger charge is 2.19. The zero-order valence-corrected chi connectivity index (χ0v) is 18.6. The molecule has 0 fully saturated rings. The normalized spacial score (nSPS) is 14.8. The molecule has 1 aliphatic rings. The van der Waals surface area contributed by atoms with Crippen LogP contribution in [-0.4, -0.2) is 44.5 Å². The molecule has 0 saturated heterocycles. The number of aryl methyl sites for hydroxylation is 1. The fourth-order valence-corrected chi connectivity index (χ4v) is 3.05. The second-order valence-corrected chi connectivity index (χ2v) is 6.84. The van der Waals surface area contributed by atoms with E-state index < -0.39 is 12.3 Å². The fourth-order valence-electron chi connectivity index (χ4n) is 3.05. The summed E-state index contributed by atoms with van der Waals surface area (Å²) >= 11 is 0. The van der Waals surface area contributed by atoms with Crippen LogP contribution in [0.1, 0.15) is 30.9 Å². The van der Waals surface area contributed by atoms with Gasteiger partial charge in [-0.05, 0) is 48.6 Å². The lowest BCUT2D eigenvalue weighted by molar-refractivity contribution is 0.108. The Kier molecular flexibility index (Phi) is 12.4. The molecular formula is C24H33F3N2O2. The number of benzene rings is 1. The third kappa shape index (κ3) is 8.26. The van der Waals surface area contributed by atoms with E-state index in [9.17, 15) is 13.2 Å². The summed E-state index contributed by atoms with van der Waals surface area (Å²) in [6.45, 7) is 1.65. The second-order valence-electron chi connectivity index (χ2n) is 6.84. The van der Waals surface area contributed by atoms with Crippen LogP contribution in [0.15, 0.2) is 66.1 Å². The van der Waals surface area contributed by atoms with Crippen molar-refractivity contribution in [1.82, 2.24) is 10.4 Å². The van der Waals surface area contributed by atoms with E-state index >= 15 is 0 Å². The van der Waals surface area contributed by atoms with Crippen LogP contribution < -0.4 is 5.43 Å². The van der Waals surface area contributed by atoms with Gasteiger partial charge in [-0.1, -0.05) is 43.3 Å². The van der Waals surface area contributed by atoms with E-state index in [1.165, 1.54) is 6.92 Å². The summed E-state index contributed by atoms with van der Waals surface area (Å²) in [5.41, 5.74) is 6.56. The minimum Gasteiger partial charge on any atom is -0.497 e. The number of allylic oxidation sites excluding steroid dienone is 5. The Morgan fingerprint density at radius 3 is 2.42 bits per heavy atom. The first-order valence-corrected chi connectivity index (χ1v) is 10.2. The maximum Gasteiger partial charge on any atom is 0.244 e. The van der Waals surface area contributed by atoms with Crippen molar-refractivity contribution in [2.24, 2.45) is 5.92 Å². The van der Waals surface area contributed by atoms with E-state index in [4.69, 9.17) is 9.84 Å².